The molecule has 1 heterocycles. The SMILES string of the molecule is COc1nnc(NC(=O)N[C@@H](C)C(=O)OC(C)(C)C)s1. The Morgan fingerprint density at radius 3 is 2.45 bits per heavy atom. The Balaban J connectivity index is 2.47. The van der Waals surface area contributed by atoms with Crippen molar-refractivity contribution in [1.29, 1.82) is 0 Å². The number of rotatable bonds is 4. The fraction of sp³-hybridized carbons (Fsp3) is 0.636. The van der Waals surface area contributed by atoms with Gasteiger partial charge in [-0.05, 0) is 39.0 Å². The number of carbonyl (C=O) groups excluding carboxylic acids is 2. The largest absolute Gasteiger partial charge is 0.472 e. The van der Waals surface area contributed by atoms with E-state index in [2.05, 4.69) is 20.8 Å². The van der Waals surface area contributed by atoms with Crippen LogP contribution in [0.4, 0.5) is 9.93 Å². The maximum absolute atomic E-state index is 11.7. The number of nitrogens with one attached hydrogen (secondary N) is 2. The molecule has 0 aliphatic heterocycles. The first-order valence-corrected chi connectivity index (χ1v) is 6.71. The van der Waals surface area contributed by atoms with E-state index < -0.39 is 23.6 Å². The van der Waals surface area contributed by atoms with Crippen LogP contribution in [0.25, 0.3) is 0 Å². The zero-order valence-electron chi connectivity index (χ0n) is 12.0. The number of esters is 1. The zero-order chi connectivity index (χ0) is 15.3. The van der Waals surface area contributed by atoms with Crippen molar-refractivity contribution in [2.24, 2.45) is 0 Å². The van der Waals surface area contributed by atoms with Crippen molar-refractivity contribution in [3.05, 3.63) is 0 Å². The van der Waals surface area contributed by atoms with Gasteiger partial charge in [0.25, 0.3) is 5.19 Å². The van der Waals surface area contributed by atoms with E-state index in [4.69, 9.17) is 9.47 Å². The van der Waals surface area contributed by atoms with Crippen LogP contribution in [0, 0.1) is 0 Å². The molecule has 1 aromatic heterocycles. The van der Waals surface area contributed by atoms with Crippen molar-refractivity contribution < 1.29 is 19.1 Å². The number of hydrogen-bond acceptors (Lipinski definition) is 7. The first-order valence-electron chi connectivity index (χ1n) is 5.89. The van der Waals surface area contributed by atoms with Gasteiger partial charge in [0.1, 0.15) is 11.6 Å². The van der Waals surface area contributed by atoms with Crippen LogP contribution in [0.2, 0.25) is 0 Å². The Hall–Kier alpha value is -1.90. The minimum Gasteiger partial charge on any atom is -0.472 e. The van der Waals surface area contributed by atoms with Crippen LogP contribution >= 0.6 is 11.3 Å². The third kappa shape index (κ3) is 5.39. The fourth-order valence-electron chi connectivity index (χ4n) is 1.12. The molecule has 0 saturated carbocycles. The van der Waals surface area contributed by atoms with Crippen LogP contribution in [-0.2, 0) is 9.53 Å². The lowest BCUT2D eigenvalue weighted by Gasteiger charge is -2.22. The lowest BCUT2D eigenvalue weighted by atomic mass is 10.2. The van der Waals surface area contributed by atoms with Gasteiger partial charge >= 0.3 is 12.0 Å². The second-order valence-corrected chi connectivity index (χ2v) is 5.87. The Morgan fingerprint density at radius 1 is 1.30 bits per heavy atom. The van der Waals surface area contributed by atoms with Crippen molar-refractivity contribution in [3.8, 4) is 5.19 Å². The molecule has 8 nitrogen and oxygen atoms in total. The monoisotopic (exact) mass is 302 g/mol. The zero-order valence-corrected chi connectivity index (χ0v) is 12.8. The van der Waals surface area contributed by atoms with Gasteiger partial charge in [-0.25, -0.2) is 9.59 Å². The third-order valence-corrected chi connectivity index (χ3v) is 2.71. The molecule has 0 aromatic carbocycles. The van der Waals surface area contributed by atoms with Gasteiger partial charge in [-0.2, -0.15) is 0 Å². The van der Waals surface area contributed by atoms with Gasteiger partial charge in [0.2, 0.25) is 5.13 Å². The number of methoxy groups -OCH3 is 1. The molecule has 112 valence electrons. The third-order valence-electron chi connectivity index (χ3n) is 1.91. The molecular weight excluding hydrogens is 284 g/mol. The minimum absolute atomic E-state index is 0.274. The van der Waals surface area contributed by atoms with Gasteiger partial charge < -0.3 is 14.8 Å². The molecule has 0 saturated heterocycles. The molecule has 1 rings (SSSR count). The maximum atomic E-state index is 11.7. The van der Waals surface area contributed by atoms with Gasteiger partial charge in [0.15, 0.2) is 0 Å². The summed E-state index contributed by atoms with van der Waals surface area (Å²) in [7, 11) is 1.45. The van der Waals surface area contributed by atoms with E-state index in [1.165, 1.54) is 14.0 Å². The number of ether oxygens (including phenoxy) is 2. The molecule has 0 unspecified atom stereocenters. The summed E-state index contributed by atoms with van der Waals surface area (Å²) in [5.41, 5.74) is -0.601. The van der Waals surface area contributed by atoms with Crippen molar-refractivity contribution in [2.45, 2.75) is 39.3 Å². The smallest absolute Gasteiger partial charge is 0.328 e. The van der Waals surface area contributed by atoms with Crippen molar-refractivity contribution >= 4 is 28.5 Å². The Labute approximate surface area is 120 Å². The highest BCUT2D eigenvalue weighted by Crippen LogP contribution is 2.21. The second kappa shape index (κ2) is 6.51. The topological polar surface area (TPSA) is 102 Å². The van der Waals surface area contributed by atoms with Crippen molar-refractivity contribution in [2.75, 3.05) is 12.4 Å². The minimum atomic E-state index is -0.774. The standard InChI is InChI=1S/C11H18N4O4S/c1-6(7(16)19-11(2,3)4)12-8(17)13-9-14-15-10(18-5)20-9/h6H,1-5H3,(H2,12,13,14,17)/t6-/m0/s1. The lowest BCUT2D eigenvalue weighted by Crippen LogP contribution is -2.43. The highest BCUT2D eigenvalue weighted by atomic mass is 32.1. The molecule has 20 heavy (non-hydrogen) atoms. The van der Waals surface area contributed by atoms with Gasteiger partial charge in [-0.15, -0.1) is 5.10 Å². The van der Waals surface area contributed by atoms with Crippen LogP contribution in [0.15, 0.2) is 0 Å². The number of nitrogens with zero attached hydrogens (tertiary/aromatic N) is 2. The number of hydrogen-bond donors (Lipinski definition) is 2. The quantitative estimate of drug-likeness (QED) is 0.815. The van der Waals surface area contributed by atoms with E-state index >= 15 is 0 Å². The van der Waals surface area contributed by atoms with E-state index in [0.29, 0.717) is 5.19 Å². The average molecular weight is 302 g/mol. The fourth-order valence-corrected chi connectivity index (χ4v) is 1.68. The summed E-state index contributed by atoms with van der Waals surface area (Å²) in [4.78, 5) is 23.3. The molecule has 0 aliphatic carbocycles. The normalized spacial score (nSPS) is 12.4. The maximum Gasteiger partial charge on any atom is 0.328 e. The molecule has 0 radical (unpaired) electrons. The molecule has 0 spiro atoms. The Bertz CT molecular complexity index is 483. The summed E-state index contributed by atoms with van der Waals surface area (Å²) in [5.74, 6) is -0.512. The predicted octanol–water partition coefficient (Wildman–Crippen LogP) is 1.40. The van der Waals surface area contributed by atoms with E-state index in [9.17, 15) is 9.59 Å². The Morgan fingerprint density at radius 2 is 1.95 bits per heavy atom. The van der Waals surface area contributed by atoms with Gasteiger partial charge in [-0.3, -0.25) is 5.32 Å². The first kappa shape index (κ1) is 16.2. The number of aromatic nitrogens is 2. The summed E-state index contributed by atoms with van der Waals surface area (Å²) < 4.78 is 9.99. The summed E-state index contributed by atoms with van der Waals surface area (Å²) in [6, 6.07) is -1.34. The summed E-state index contributed by atoms with van der Waals surface area (Å²) in [5, 5.41) is 12.9. The van der Waals surface area contributed by atoms with Crippen LogP contribution < -0.4 is 15.4 Å². The first-order chi connectivity index (χ1) is 9.21. The second-order valence-electron chi connectivity index (χ2n) is 4.93. The number of amides is 2. The molecule has 1 atom stereocenters. The number of carbonyl (C=O) groups is 2. The average Bonchev–Trinajstić information content (AvgIpc) is 2.74. The van der Waals surface area contributed by atoms with Crippen molar-refractivity contribution in [1.82, 2.24) is 15.5 Å². The van der Waals surface area contributed by atoms with Crippen LogP contribution in [-0.4, -0.2) is 41.0 Å². The van der Waals surface area contributed by atoms with E-state index in [0.717, 1.165) is 11.3 Å². The van der Waals surface area contributed by atoms with E-state index in [-0.39, 0.29) is 5.13 Å². The van der Waals surface area contributed by atoms with Crippen LogP contribution in [0.1, 0.15) is 27.7 Å². The molecule has 2 N–H and O–H groups in total. The molecule has 9 heteroatoms. The summed E-state index contributed by atoms with van der Waals surface area (Å²) in [6.07, 6.45) is 0. The molecule has 2 amide bonds. The van der Waals surface area contributed by atoms with Gasteiger partial charge in [0.05, 0.1) is 7.11 Å². The summed E-state index contributed by atoms with van der Waals surface area (Å²) in [6.45, 7) is 6.80. The molecule has 1 aromatic rings. The molecule has 0 bridgehead atoms. The number of urea groups is 1. The highest BCUT2D eigenvalue weighted by Gasteiger charge is 2.23. The van der Waals surface area contributed by atoms with Gasteiger partial charge in [0, 0.05) is 0 Å². The van der Waals surface area contributed by atoms with Gasteiger partial charge in [-0.1, -0.05) is 5.10 Å². The van der Waals surface area contributed by atoms with Crippen LogP contribution in [0.3, 0.4) is 0 Å². The van der Waals surface area contributed by atoms with Crippen LogP contribution in [0.5, 0.6) is 5.19 Å². The van der Waals surface area contributed by atoms with Crippen molar-refractivity contribution in [3.63, 3.8) is 0 Å². The van der Waals surface area contributed by atoms with E-state index in [1.54, 1.807) is 20.8 Å². The Kier molecular flexibility index (Phi) is 5.26. The summed E-state index contributed by atoms with van der Waals surface area (Å²) >= 11 is 1.07. The lowest BCUT2D eigenvalue weighted by molar-refractivity contribution is -0.156. The molecule has 0 aliphatic rings. The molecule has 0 fully saturated rings. The molecular formula is C11H18N4O4S. The highest BCUT2D eigenvalue weighted by molar-refractivity contribution is 7.17. The predicted molar refractivity (Wildman–Crippen MR) is 73.9 cm³/mol. The van der Waals surface area contributed by atoms with E-state index in [1.807, 2.05) is 0 Å². The number of anilines is 1.